The predicted octanol–water partition coefficient (Wildman–Crippen LogP) is 1.91. The molecule has 2 aliphatic heterocycles. The fraction of sp³-hybridized carbons (Fsp3) is 0.588. The van der Waals surface area contributed by atoms with Crippen LogP contribution in [0.3, 0.4) is 0 Å². The van der Waals surface area contributed by atoms with Crippen LogP contribution in [0, 0.1) is 5.92 Å². The van der Waals surface area contributed by atoms with Gasteiger partial charge in [-0.15, -0.1) is 16.4 Å². The number of nitrogens with one attached hydrogen (secondary N) is 1. The third-order valence-electron chi connectivity index (χ3n) is 4.86. The Hall–Kier alpha value is -1.73. The average Bonchev–Trinajstić information content (AvgIpc) is 3.31. The van der Waals surface area contributed by atoms with E-state index >= 15 is 0 Å². The van der Waals surface area contributed by atoms with Gasteiger partial charge in [0.2, 0.25) is 5.91 Å². The second-order valence-corrected chi connectivity index (χ2v) is 7.97. The largest absolute Gasteiger partial charge is 0.342 e. The lowest BCUT2D eigenvalue weighted by atomic mass is 10.1. The van der Waals surface area contributed by atoms with E-state index in [1.165, 1.54) is 15.3 Å². The molecule has 4 rings (SSSR count). The molecule has 0 bridgehead atoms. The Morgan fingerprint density at radius 1 is 1.50 bits per heavy atom. The highest BCUT2D eigenvalue weighted by Crippen LogP contribution is 2.31. The molecule has 0 saturated carbocycles. The van der Waals surface area contributed by atoms with Crippen LogP contribution in [-0.2, 0) is 24.3 Å². The summed E-state index contributed by atoms with van der Waals surface area (Å²) in [6.45, 7) is 6.60. The molecule has 2 aromatic heterocycles. The number of aromatic nitrogens is 3. The summed E-state index contributed by atoms with van der Waals surface area (Å²) >= 11 is 1.82. The van der Waals surface area contributed by atoms with Gasteiger partial charge in [0.15, 0.2) is 0 Å². The van der Waals surface area contributed by atoms with E-state index in [0.29, 0.717) is 18.9 Å². The van der Waals surface area contributed by atoms with Crippen LogP contribution in [0.5, 0.6) is 0 Å². The van der Waals surface area contributed by atoms with Crippen molar-refractivity contribution in [2.75, 3.05) is 19.6 Å². The molecule has 24 heavy (non-hydrogen) atoms. The van der Waals surface area contributed by atoms with E-state index in [9.17, 15) is 4.79 Å². The van der Waals surface area contributed by atoms with Crippen molar-refractivity contribution in [1.82, 2.24) is 25.2 Å². The van der Waals surface area contributed by atoms with E-state index < -0.39 is 0 Å². The highest BCUT2D eigenvalue weighted by atomic mass is 32.1. The van der Waals surface area contributed by atoms with Gasteiger partial charge in [-0.3, -0.25) is 9.48 Å². The molecule has 1 unspecified atom stereocenters. The highest BCUT2D eigenvalue weighted by molar-refractivity contribution is 7.15. The first kappa shape index (κ1) is 15.8. The molecule has 6 nitrogen and oxygen atoms in total. The highest BCUT2D eigenvalue weighted by Gasteiger charge is 2.23. The van der Waals surface area contributed by atoms with Crippen molar-refractivity contribution in [3.8, 4) is 10.6 Å². The Morgan fingerprint density at radius 2 is 2.42 bits per heavy atom. The first-order valence-electron chi connectivity index (χ1n) is 8.69. The molecule has 0 aromatic carbocycles. The standard InChI is InChI=1S/C17H23N5OS/c1-12-3-6-21(10-12)17(23)4-7-22-11-14(19-20-22)16-8-13-9-18-5-2-15(13)24-16/h8,11-12,18H,2-7,9-10H2,1H3. The van der Waals surface area contributed by atoms with E-state index in [1.54, 1.807) is 4.68 Å². The van der Waals surface area contributed by atoms with Crippen molar-refractivity contribution >= 4 is 17.2 Å². The fourth-order valence-electron chi connectivity index (χ4n) is 3.43. The zero-order valence-corrected chi connectivity index (χ0v) is 14.8. The number of likely N-dealkylation sites (tertiary alicyclic amines) is 1. The van der Waals surface area contributed by atoms with Crippen molar-refractivity contribution in [1.29, 1.82) is 0 Å². The van der Waals surface area contributed by atoms with Gasteiger partial charge >= 0.3 is 0 Å². The monoisotopic (exact) mass is 345 g/mol. The topological polar surface area (TPSA) is 63.1 Å². The van der Waals surface area contributed by atoms with Gasteiger partial charge in [0.1, 0.15) is 5.69 Å². The second-order valence-electron chi connectivity index (χ2n) is 6.84. The van der Waals surface area contributed by atoms with E-state index in [4.69, 9.17) is 0 Å². The number of carbonyl (C=O) groups excluding carboxylic acids is 1. The summed E-state index contributed by atoms with van der Waals surface area (Å²) in [6.07, 6.45) is 4.68. The maximum absolute atomic E-state index is 12.2. The molecule has 0 spiro atoms. The van der Waals surface area contributed by atoms with Crippen LogP contribution in [0.4, 0.5) is 0 Å². The van der Waals surface area contributed by atoms with Crippen LogP contribution in [-0.4, -0.2) is 45.4 Å². The average molecular weight is 345 g/mol. The molecule has 1 fully saturated rings. The molecule has 2 aromatic rings. The molecule has 1 N–H and O–H groups in total. The van der Waals surface area contributed by atoms with Crippen molar-refractivity contribution in [3.63, 3.8) is 0 Å². The Labute approximate surface area is 145 Å². The molecular weight excluding hydrogens is 322 g/mol. The van der Waals surface area contributed by atoms with Gasteiger partial charge in [-0.05, 0) is 30.4 Å². The number of fused-ring (bicyclic) bond motifs is 1. The summed E-state index contributed by atoms with van der Waals surface area (Å²) in [4.78, 5) is 16.8. The number of hydrogen-bond donors (Lipinski definition) is 1. The maximum Gasteiger partial charge on any atom is 0.224 e. The van der Waals surface area contributed by atoms with E-state index in [1.807, 2.05) is 22.4 Å². The minimum Gasteiger partial charge on any atom is -0.342 e. The Bertz CT molecular complexity index is 714. The van der Waals surface area contributed by atoms with Crippen LogP contribution < -0.4 is 5.32 Å². The SMILES string of the molecule is CC1CCN(C(=O)CCn2cc(-c3cc4c(s3)CCNC4)nn2)C1. The molecule has 7 heteroatoms. The summed E-state index contributed by atoms with van der Waals surface area (Å²) in [5, 5.41) is 11.9. The van der Waals surface area contributed by atoms with Crippen LogP contribution in [0.25, 0.3) is 10.6 Å². The molecule has 1 atom stereocenters. The summed E-state index contributed by atoms with van der Waals surface area (Å²) in [7, 11) is 0. The predicted molar refractivity (Wildman–Crippen MR) is 93.7 cm³/mol. The quantitative estimate of drug-likeness (QED) is 0.919. The first-order valence-corrected chi connectivity index (χ1v) is 9.51. The second kappa shape index (κ2) is 6.64. The van der Waals surface area contributed by atoms with Crippen LogP contribution in [0.1, 0.15) is 30.2 Å². The zero-order valence-electron chi connectivity index (χ0n) is 14.0. The van der Waals surface area contributed by atoms with Gasteiger partial charge in [0.25, 0.3) is 0 Å². The van der Waals surface area contributed by atoms with Crippen LogP contribution in [0.2, 0.25) is 0 Å². The Balaban J connectivity index is 1.38. The van der Waals surface area contributed by atoms with Crippen LogP contribution in [0.15, 0.2) is 12.3 Å². The lowest BCUT2D eigenvalue weighted by Gasteiger charge is -2.15. The molecule has 2 aliphatic rings. The number of thiophene rings is 1. The maximum atomic E-state index is 12.2. The molecule has 128 valence electrons. The smallest absolute Gasteiger partial charge is 0.224 e. The van der Waals surface area contributed by atoms with Crippen molar-refractivity contribution in [3.05, 3.63) is 22.7 Å². The first-order chi connectivity index (χ1) is 11.7. The molecular formula is C17H23N5OS. The van der Waals surface area contributed by atoms with Crippen molar-refractivity contribution in [2.45, 2.75) is 39.3 Å². The lowest BCUT2D eigenvalue weighted by Crippen LogP contribution is -2.29. The minimum absolute atomic E-state index is 0.231. The number of aryl methyl sites for hydroxylation is 1. The van der Waals surface area contributed by atoms with Crippen LogP contribution >= 0.6 is 11.3 Å². The zero-order chi connectivity index (χ0) is 16.5. The number of nitrogens with zero attached hydrogens (tertiary/aromatic N) is 4. The van der Waals surface area contributed by atoms with Gasteiger partial charge in [-0.1, -0.05) is 12.1 Å². The Morgan fingerprint density at radius 3 is 3.21 bits per heavy atom. The summed E-state index contributed by atoms with van der Waals surface area (Å²) in [6, 6.07) is 2.22. The normalized spacial score (nSPS) is 20.4. The van der Waals surface area contributed by atoms with E-state index in [-0.39, 0.29) is 5.91 Å². The number of carbonyl (C=O) groups is 1. The summed E-state index contributed by atoms with van der Waals surface area (Å²) in [5.41, 5.74) is 2.30. The number of amides is 1. The van der Waals surface area contributed by atoms with Crippen molar-refractivity contribution < 1.29 is 4.79 Å². The molecule has 1 amide bonds. The van der Waals surface area contributed by atoms with Crippen molar-refractivity contribution in [2.24, 2.45) is 5.92 Å². The van der Waals surface area contributed by atoms with E-state index in [2.05, 4.69) is 28.6 Å². The summed E-state index contributed by atoms with van der Waals surface area (Å²) in [5.74, 6) is 0.861. The van der Waals surface area contributed by atoms with E-state index in [0.717, 1.165) is 44.7 Å². The summed E-state index contributed by atoms with van der Waals surface area (Å²) < 4.78 is 1.80. The fourth-order valence-corrected chi connectivity index (χ4v) is 4.56. The number of hydrogen-bond acceptors (Lipinski definition) is 5. The van der Waals surface area contributed by atoms with Gasteiger partial charge in [0.05, 0.1) is 17.6 Å². The van der Waals surface area contributed by atoms with Gasteiger partial charge in [-0.2, -0.15) is 0 Å². The molecule has 1 saturated heterocycles. The van der Waals surface area contributed by atoms with Gasteiger partial charge in [-0.25, -0.2) is 0 Å². The van der Waals surface area contributed by atoms with Gasteiger partial charge in [0, 0.05) is 37.5 Å². The third kappa shape index (κ3) is 3.23. The number of rotatable bonds is 4. The Kier molecular flexibility index (Phi) is 4.37. The third-order valence-corrected chi connectivity index (χ3v) is 6.12. The minimum atomic E-state index is 0.231. The molecule has 4 heterocycles. The lowest BCUT2D eigenvalue weighted by molar-refractivity contribution is -0.130. The van der Waals surface area contributed by atoms with Gasteiger partial charge < -0.3 is 10.2 Å². The molecule has 0 aliphatic carbocycles. The molecule has 0 radical (unpaired) electrons.